The number of amides is 1. The van der Waals surface area contributed by atoms with Crippen molar-refractivity contribution in [1.82, 2.24) is 4.90 Å². The van der Waals surface area contributed by atoms with E-state index >= 15 is 0 Å². The lowest BCUT2D eigenvalue weighted by molar-refractivity contribution is -0.131. The zero-order valence-electron chi connectivity index (χ0n) is 9.74. The molecule has 1 aliphatic rings. The molecule has 88 valence electrons. The summed E-state index contributed by atoms with van der Waals surface area (Å²) in [5.74, 6) is 1.37. The van der Waals surface area contributed by atoms with E-state index in [1.165, 1.54) is 0 Å². The lowest BCUT2D eigenvalue weighted by atomic mass is 10.1. The van der Waals surface area contributed by atoms with Gasteiger partial charge in [0.2, 0.25) is 5.91 Å². The third kappa shape index (κ3) is 4.43. The molecule has 1 heterocycles. The smallest absolute Gasteiger partial charge is 0.222 e. The van der Waals surface area contributed by atoms with E-state index in [1.54, 1.807) is 0 Å². The molecule has 0 aromatic rings. The standard InChI is InChI=1S/C11H22N2OS/c1-3-10-8-13(6-7-15-10)11(14)5-4-9(2)12/h9-10H,3-8,12H2,1-2H3. The van der Waals surface area contributed by atoms with Gasteiger partial charge in [-0.1, -0.05) is 6.92 Å². The second-order valence-corrected chi connectivity index (χ2v) is 5.67. The molecular formula is C11H22N2OS. The quantitative estimate of drug-likeness (QED) is 0.795. The number of hydrogen-bond donors (Lipinski definition) is 1. The molecule has 2 atom stereocenters. The molecule has 0 aliphatic carbocycles. The number of carbonyl (C=O) groups excluding carboxylic acids is 1. The highest BCUT2D eigenvalue weighted by molar-refractivity contribution is 8.00. The van der Waals surface area contributed by atoms with Crippen molar-refractivity contribution in [3.05, 3.63) is 0 Å². The van der Waals surface area contributed by atoms with E-state index in [0.717, 1.165) is 31.7 Å². The van der Waals surface area contributed by atoms with Crippen LogP contribution in [0.4, 0.5) is 0 Å². The minimum Gasteiger partial charge on any atom is -0.341 e. The maximum Gasteiger partial charge on any atom is 0.222 e. The maximum atomic E-state index is 11.8. The zero-order chi connectivity index (χ0) is 11.3. The van der Waals surface area contributed by atoms with Gasteiger partial charge in [-0.05, 0) is 19.8 Å². The van der Waals surface area contributed by atoms with Crippen LogP contribution in [0, 0.1) is 0 Å². The SMILES string of the molecule is CCC1CN(C(=O)CCC(C)N)CCS1. The summed E-state index contributed by atoms with van der Waals surface area (Å²) in [5, 5.41) is 0.637. The molecule has 0 saturated carbocycles. The number of nitrogens with two attached hydrogens (primary N) is 1. The molecule has 1 aliphatic heterocycles. The molecule has 2 N–H and O–H groups in total. The molecule has 0 radical (unpaired) electrons. The predicted octanol–water partition coefficient (Wildman–Crippen LogP) is 1.47. The molecular weight excluding hydrogens is 208 g/mol. The van der Waals surface area contributed by atoms with E-state index in [-0.39, 0.29) is 11.9 Å². The van der Waals surface area contributed by atoms with Gasteiger partial charge in [-0.3, -0.25) is 4.79 Å². The molecule has 1 saturated heterocycles. The zero-order valence-corrected chi connectivity index (χ0v) is 10.6. The molecule has 15 heavy (non-hydrogen) atoms. The molecule has 0 bridgehead atoms. The maximum absolute atomic E-state index is 11.8. The third-order valence-electron chi connectivity index (χ3n) is 2.76. The fourth-order valence-electron chi connectivity index (χ4n) is 1.70. The summed E-state index contributed by atoms with van der Waals surface area (Å²) in [4.78, 5) is 13.8. The van der Waals surface area contributed by atoms with Crippen LogP contribution in [-0.4, -0.2) is 40.9 Å². The van der Waals surface area contributed by atoms with Crippen LogP contribution in [0.5, 0.6) is 0 Å². The lowest BCUT2D eigenvalue weighted by Gasteiger charge is -2.32. The number of thioether (sulfide) groups is 1. The van der Waals surface area contributed by atoms with E-state index in [9.17, 15) is 4.79 Å². The Morgan fingerprint density at radius 2 is 2.40 bits per heavy atom. The van der Waals surface area contributed by atoms with Crippen LogP contribution in [0.15, 0.2) is 0 Å². The molecule has 0 aromatic heterocycles. The molecule has 0 spiro atoms. The number of rotatable bonds is 4. The average molecular weight is 230 g/mol. The fourth-order valence-corrected chi connectivity index (χ4v) is 2.88. The van der Waals surface area contributed by atoms with Gasteiger partial charge in [-0.25, -0.2) is 0 Å². The van der Waals surface area contributed by atoms with Gasteiger partial charge in [0.25, 0.3) is 0 Å². The van der Waals surface area contributed by atoms with Crippen molar-refractivity contribution < 1.29 is 4.79 Å². The Balaban J connectivity index is 2.32. The molecule has 0 aromatic carbocycles. The Morgan fingerprint density at radius 1 is 1.67 bits per heavy atom. The van der Waals surface area contributed by atoms with E-state index < -0.39 is 0 Å². The molecule has 4 heteroatoms. The number of hydrogen-bond acceptors (Lipinski definition) is 3. The van der Waals surface area contributed by atoms with Crippen molar-refractivity contribution in [2.45, 2.75) is 44.4 Å². The van der Waals surface area contributed by atoms with Crippen LogP contribution in [-0.2, 0) is 4.79 Å². The highest BCUT2D eigenvalue weighted by atomic mass is 32.2. The second-order valence-electron chi connectivity index (χ2n) is 4.26. The summed E-state index contributed by atoms with van der Waals surface area (Å²) in [6.07, 6.45) is 2.57. The Hall–Kier alpha value is -0.220. The summed E-state index contributed by atoms with van der Waals surface area (Å²) >= 11 is 1.99. The van der Waals surface area contributed by atoms with Crippen molar-refractivity contribution in [3.8, 4) is 0 Å². The van der Waals surface area contributed by atoms with Gasteiger partial charge < -0.3 is 10.6 Å². The van der Waals surface area contributed by atoms with Gasteiger partial charge in [0.15, 0.2) is 0 Å². The third-order valence-corrected chi connectivity index (χ3v) is 4.13. The normalized spacial score (nSPS) is 23.9. The van der Waals surface area contributed by atoms with Crippen molar-refractivity contribution in [1.29, 1.82) is 0 Å². The van der Waals surface area contributed by atoms with Crippen LogP contribution >= 0.6 is 11.8 Å². The second kappa shape index (κ2) is 6.38. The monoisotopic (exact) mass is 230 g/mol. The summed E-state index contributed by atoms with van der Waals surface area (Å²) in [6.45, 7) is 5.99. The minimum absolute atomic E-state index is 0.134. The van der Waals surface area contributed by atoms with Gasteiger partial charge in [-0.2, -0.15) is 11.8 Å². The van der Waals surface area contributed by atoms with Gasteiger partial charge in [-0.15, -0.1) is 0 Å². The molecule has 1 rings (SSSR count). The summed E-state index contributed by atoms with van der Waals surface area (Å²) < 4.78 is 0. The Kier molecular flexibility index (Phi) is 5.47. The predicted molar refractivity (Wildman–Crippen MR) is 66.0 cm³/mol. The van der Waals surface area contributed by atoms with Gasteiger partial charge in [0, 0.05) is 36.6 Å². The van der Waals surface area contributed by atoms with Gasteiger partial charge in [0.05, 0.1) is 0 Å². The number of carbonyl (C=O) groups is 1. The van der Waals surface area contributed by atoms with Crippen molar-refractivity contribution in [2.24, 2.45) is 5.73 Å². The Bertz CT molecular complexity index is 209. The summed E-state index contributed by atoms with van der Waals surface area (Å²) in [7, 11) is 0. The minimum atomic E-state index is 0.134. The van der Waals surface area contributed by atoms with E-state index in [4.69, 9.17) is 5.73 Å². The van der Waals surface area contributed by atoms with Crippen LogP contribution in [0.2, 0.25) is 0 Å². The Morgan fingerprint density at radius 3 is 3.00 bits per heavy atom. The highest BCUT2D eigenvalue weighted by Gasteiger charge is 2.22. The first-order valence-corrected chi connectivity index (χ1v) is 6.83. The van der Waals surface area contributed by atoms with Crippen LogP contribution in [0.3, 0.4) is 0 Å². The first-order chi connectivity index (χ1) is 7.13. The largest absolute Gasteiger partial charge is 0.341 e. The topological polar surface area (TPSA) is 46.3 Å². The summed E-state index contributed by atoms with van der Waals surface area (Å²) in [5.41, 5.74) is 5.65. The van der Waals surface area contributed by atoms with Crippen molar-refractivity contribution in [2.75, 3.05) is 18.8 Å². The van der Waals surface area contributed by atoms with E-state index in [0.29, 0.717) is 11.7 Å². The molecule has 1 amide bonds. The first kappa shape index (κ1) is 12.8. The van der Waals surface area contributed by atoms with Crippen LogP contribution in [0.25, 0.3) is 0 Å². The van der Waals surface area contributed by atoms with Gasteiger partial charge >= 0.3 is 0 Å². The van der Waals surface area contributed by atoms with Crippen LogP contribution < -0.4 is 5.73 Å². The highest BCUT2D eigenvalue weighted by Crippen LogP contribution is 2.21. The van der Waals surface area contributed by atoms with E-state index in [1.807, 2.05) is 23.6 Å². The molecule has 2 unspecified atom stereocenters. The van der Waals surface area contributed by atoms with Crippen molar-refractivity contribution >= 4 is 17.7 Å². The Labute approximate surface area is 96.8 Å². The lowest BCUT2D eigenvalue weighted by Crippen LogP contribution is -2.42. The van der Waals surface area contributed by atoms with E-state index in [2.05, 4.69) is 6.92 Å². The number of nitrogens with zero attached hydrogens (tertiary/aromatic N) is 1. The molecule has 1 fully saturated rings. The van der Waals surface area contributed by atoms with Gasteiger partial charge in [0.1, 0.15) is 0 Å². The first-order valence-electron chi connectivity index (χ1n) is 5.78. The van der Waals surface area contributed by atoms with Crippen molar-refractivity contribution in [3.63, 3.8) is 0 Å². The molecule has 3 nitrogen and oxygen atoms in total. The van der Waals surface area contributed by atoms with Crippen LogP contribution in [0.1, 0.15) is 33.1 Å². The summed E-state index contributed by atoms with van der Waals surface area (Å²) in [6, 6.07) is 0.134. The average Bonchev–Trinajstić information content (AvgIpc) is 2.26. The fraction of sp³-hybridized carbons (Fsp3) is 0.909.